The monoisotopic (exact) mass is 278 g/mol. The van der Waals surface area contributed by atoms with Crippen molar-refractivity contribution in [3.05, 3.63) is 23.0 Å². The van der Waals surface area contributed by atoms with Gasteiger partial charge >= 0.3 is 0 Å². The van der Waals surface area contributed by atoms with Gasteiger partial charge in [-0.3, -0.25) is 9.78 Å². The van der Waals surface area contributed by atoms with Gasteiger partial charge in [0, 0.05) is 31.0 Å². The van der Waals surface area contributed by atoms with Crippen LogP contribution in [0.1, 0.15) is 23.2 Å². The molecule has 0 amide bonds. The first kappa shape index (κ1) is 14.9. The molecule has 5 heteroatoms. The summed E-state index contributed by atoms with van der Waals surface area (Å²) in [5.41, 5.74) is 2.72. The van der Waals surface area contributed by atoms with Crippen molar-refractivity contribution in [2.45, 2.75) is 38.8 Å². The number of carbonyl (C=O) groups is 1. The van der Waals surface area contributed by atoms with Crippen LogP contribution in [-0.2, 0) is 16.0 Å². The van der Waals surface area contributed by atoms with Crippen LogP contribution in [0.4, 0.5) is 0 Å². The van der Waals surface area contributed by atoms with Gasteiger partial charge in [-0.2, -0.15) is 0 Å². The number of nitrogens with one attached hydrogen (secondary N) is 1. The number of pyridine rings is 1. The number of nitrogens with zero attached hydrogens (tertiary/aromatic N) is 1. The van der Waals surface area contributed by atoms with Crippen molar-refractivity contribution in [1.82, 2.24) is 10.3 Å². The number of aromatic nitrogens is 1. The summed E-state index contributed by atoms with van der Waals surface area (Å²) in [5, 5.41) is 3.20. The molecule has 0 aliphatic carbocycles. The zero-order valence-corrected chi connectivity index (χ0v) is 12.5. The summed E-state index contributed by atoms with van der Waals surface area (Å²) in [4.78, 5) is 16.7. The average Bonchev–Trinajstić information content (AvgIpc) is 2.91. The van der Waals surface area contributed by atoms with Gasteiger partial charge in [0.05, 0.1) is 31.4 Å². The number of carbonyl (C=O) groups excluding carboxylic acids is 1. The van der Waals surface area contributed by atoms with E-state index in [1.807, 2.05) is 13.8 Å². The molecule has 5 nitrogen and oxygen atoms in total. The smallest absolute Gasteiger partial charge is 0.155 e. The summed E-state index contributed by atoms with van der Waals surface area (Å²) in [6.07, 6.45) is 2.95. The maximum absolute atomic E-state index is 12.3. The van der Waals surface area contributed by atoms with Gasteiger partial charge < -0.3 is 14.8 Å². The molecule has 2 unspecified atom stereocenters. The van der Waals surface area contributed by atoms with E-state index in [1.54, 1.807) is 20.4 Å². The van der Waals surface area contributed by atoms with Gasteiger partial charge in [-0.15, -0.1) is 0 Å². The van der Waals surface area contributed by atoms with E-state index in [-0.39, 0.29) is 17.9 Å². The Bertz CT molecular complexity index is 502. The predicted octanol–water partition coefficient (Wildman–Crippen LogP) is 1.20. The molecule has 0 aromatic carbocycles. The Hall–Kier alpha value is -1.46. The Morgan fingerprint density at radius 2 is 2.20 bits per heavy atom. The van der Waals surface area contributed by atoms with E-state index < -0.39 is 0 Å². The number of aryl methyl sites for hydroxylation is 1. The normalized spacial score (nSPS) is 22.0. The number of ketones is 1. The summed E-state index contributed by atoms with van der Waals surface area (Å²) in [7, 11) is 3.32. The fourth-order valence-electron chi connectivity index (χ4n) is 2.67. The second kappa shape index (κ2) is 6.33. The fraction of sp³-hybridized carbons (Fsp3) is 0.600. The van der Waals surface area contributed by atoms with Gasteiger partial charge in [0.1, 0.15) is 5.75 Å². The Morgan fingerprint density at radius 1 is 1.45 bits per heavy atom. The molecule has 1 aliphatic heterocycles. The van der Waals surface area contributed by atoms with Crippen LogP contribution in [0.3, 0.4) is 0 Å². The van der Waals surface area contributed by atoms with E-state index in [0.29, 0.717) is 6.42 Å². The molecule has 1 aromatic rings. The molecule has 1 aromatic heterocycles. The van der Waals surface area contributed by atoms with E-state index in [9.17, 15) is 4.79 Å². The van der Waals surface area contributed by atoms with Crippen LogP contribution in [-0.4, -0.2) is 43.7 Å². The Balaban J connectivity index is 2.09. The minimum Gasteiger partial charge on any atom is -0.496 e. The van der Waals surface area contributed by atoms with Crippen LogP contribution in [0.2, 0.25) is 0 Å². The highest BCUT2D eigenvalue weighted by molar-refractivity contribution is 5.86. The van der Waals surface area contributed by atoms with Crippen molar-refractivity contribution in [3.8, 4) is 5.75 Å². The molecular weight excluding hydrogens is 256 g/mol. The molecule has 2 heterocycles. The number of rotatable bonds is 5. The number of hydrogen-bond acceptors (Lipinski definition) is 5. The molecule has 2 rings (SSSR count). The first-order valence-electron chi connectivity index (χ1n) is 6.84. The van der Waals surface area contributed by atoms with Crippen molar-refractivity contribution in [1.29, 1.82) is 0 Å². The van der Waals surface area contributed by atoms with Crippen LogP contribution in [0.15, 0.2) is 6.20 Å². The standard InChI is InChI=1S/C15H22N2O3/c1-9-7-16-12(10(2)15(9)20-4)6-14(18)13-5-11(19-3)8-17-13/h7,11,13,17H,5-6,8H2,1-4H3. The highest BCUT2D eigenvalue weighted by Crippen LogP contribution is 2.24. The molecule has 20 heavy (non-hydrogen) atoms. The maximum atomic E-state index is 12.3. The van der Waals surface area contributed by atoms with Crippen molar-refractivity contribution >= 4 is 5.78 Å². The van der Waals surface area contributed by atoms with E-state index >= 15 is 0 Å². The van der Waals surface area contributed by atoms with Crippen LogP contribution < -0.4 is 10.1 Å². The zero-order valence-electron chi connectivity index (χ0n) is 12.5. The Kier molecular flexibility index (Phi) is 4.73. The number of methoxy groups -OCH3 is 2. The highest BCUT2D eigenvalue weighted by atomic mass is 16.5. The minimum atomic E-state index is -0.131. The largest absolute Gasteiger partial charge is 0.496 e. The Labute approximate surface area is 119 Å². The van der Waals surface area contributed by atoms with E-state index in [2.05, 4.69) is 10.3 Å². The SMILES string of the molecule is COc1c(C)cnc(CC(=O)C2CC(OC)CN2)c1C. The second-order valence-electron chi connectivity index (χ2n) is 5.24. The van der Waals surface area contributed by atoms with Crippen LogP contribution in [0.25, 0.3) is 0 Å². The quantitative estimate of drug-likeness (QED) is 0.877. The number of hydrogen-bond donors (Lipinski definition) is 1. The van der Waals surface area contributed by atoms with E-state index in [4.69, 9.17) is 9.47 Å². The van der Waals surface area contributed by atoms with Crippen LogP contribution in [0.5, 0.6) is 5.75 Å². The summed E-state index contributed by atoms with van der Waals surface area (Å²) >= 11 is 0. The predicted molar refractivity (Wildman–Crippen MR) is 76.2 cm³/mol. The van der Waals surface area contributed by atoms with E-state index in [0.717, 1.165) is 35.5 Å². The van der Waals surface area contributed by atoms with E-state index in [1.165, 1.54) is 0 Å². The fourth-order valence-corrected chi connectivity index (χ4v) is 2.67. The lowest BCUT2D eigenvalue weighted by Gasteiger charge is -2.13. The highest BCUT2D eigenvalue weighted by Gasteiger charge is 2.29. The van der Waals surface area contributed by atoms with Gasteiger partial charge in [-0.1, -0.05) is 0 Å². The molecule has 1 N–H and O–H groups in total. The second-order valence-corrected chi connectivity index (χ2v) is 5.24. The average molecular weight is 278 g/mol. The van der Waals surface area contributed by atoms with Gasteiger partial charge in [0.15, 0.2) is 5.78 Å². The molecular formula is C15H22N2O3. The number of Topliss-reactive ketones (excluding diaryl/α,β-unsaturated/α-hetero) is 1. The lowest BCUT2D eigenvalue weighted by molar-refractivity contribution is -0.120. The molecule has 0 spiro atoms. The van der Waals surface area contributed by atoms with Crippen molar-refractivity contribution in [2.75, 3.05) is 20.8 Å². The third kappa shape index (κ3) is 2.99. The minimum absolute atomic E-state index is 0.130. The molecule has 110 valence electrons. The Morgan fingerprint density at radius 3 is 2.80 bits per heavy atom. The summed E-state index contributed by atoms with van der Waals surface area (Å²) in [6, 6.07) is -0.131. The third-order valence-corrected chi connectivity index (χ3v) is 3.90. The molecule has 2 atom stereocenters. The zero-order chi connectivity index (χ0) is 14.7. The van der Waals surface area contributed by atoms with Crippen LogP contribution in [0, 0.1) is 13.8 Å². The first-order valence-corrected chi connectivity index (χ1v) is 6.84. The van der Waals surface area contributed by atoms with Crippen molar-refractivity contribution in [3.63, 3.8) is 0 Å². The summed E-state index contributed by atoms with van der Waals surface area (Å²) in [6.45, 7) is 4.63. The van der Waals surface area contributed by atoms with Gasteiger partial charge in [-0.05, 0) is 20.3 Å². The maximum Gasteiger partial charge on any atom is 0.155 e. The van der Waals surface area contributed by atoms with Crippen molar-refractivity contribution in [2.24, 2.45) is 0 Å². The van der Waals surface area contributed by atoms with Gasteiger partial charge in [0.25, 0.3) is 0 Å². The van der Waals surface area contributed by atoms with Gasteiger partial charge in [-0.25, -0.2) is 0 Å². The molecule has 1 saturated heterocycles. The number of ether oxygens (including phenoxy) is 2. The molecule has 0 bridgehead atoms. The molecule has 1 fully saturated rings. The van der Waals surface area contributed by atoms with Crippen molar-refractivity contribution < 1.29 is 14.3 Å². The third-order valence-electron chi connectivity index (χ3n) is 3.90. The first-order chi connectivity index (χ1) is 9.56. The molecule has 1 aliphatic rings. The lowest BCUT2D eigenvalue weighted by atomic mass is 10.0. The summed E-state index contributed by atoms with van der Waals surface area (Å²) < 4.78 is 10.6. The molecule has 0 radical (unpaired) electrons. The topological polar surface area (TPSA) is 60.5 Å². The lowest BCUT2D eigenvalue weighted by Crippen LogP contribution is -2.32. The molecule has 0 saturated carbocycles. The van der Waals surface area contributed by atoms with Crippen LogP contribution >= 0.6 is 0 Å². The van der Waals surface area contributed by atoms with Gasteiger partial charge in [0.2, 0.25) is 0 Å². The summed E-state index contributed by atoms with van der Waals surface area (Å²) in [5.74, 6) is 0.975.